The Kier molecular flexibility index (Phi) is 10.3. The number of pyridine rings is 2. The van der Waals surface area contributed by atoms with E-state index >= 15 is 0 Å². The van der Waals surface area contributed by atoms with Gasteiger partial charge in [0.15, 0.2) is 5.65 Å². The van der Waals surface area contributed by atoms with Crippen molar-refractivity contribution in [2.75, 3.05) is 81.2 Å². The molecule has 0 atom stereocenters. The van der Waals surface area contributed by atoms with Gasteiger partial charge in [-0.3, -0.25) is 10.00 Å². The number of aromatic amines is 1. The fourth-order valence-corrected chi connectivity index (χ4v) is 7.62. The van der Waals surface area contributed by atoms with Crippen LogP contribution in [0.1, 0.15) is 37.3 Å². The molecule has 0 unspecified atom stereocenters. The van der Waals surface area contributed by atoms with Crippen molar-refractivity contribution in [1.29, 1.82) is 0 Å². The summed E-state index contributed by atoms with van der Waals surface area (Å²) in [5.41, 5.74) is 9.10. The Labute approximate surface area is 295 Å². The van der Waals surface area contributed by atoms with Gasteiger partial charge in [-0.1, -0.05) is 19.1 Å². The average Bonchev–Trinajstić information content (AvgIpc) is 3.57. The minimum Gasteiger partial charge on any atom is -0.372 e. The molecular weight excluding hydrogens is 626 g/mol. The predicted molar refractivity (Wildman–Crippen MR) is 204 cm³/mol. The zero-order valence-corrected chi connectivity index (χ0v) is 29.9. The van der Waals surface area contributed by atoms with Crippen molar-refractivity contribution in [2.24, 2.45) is 5.92 Å². The van der Waals surface area contributed by atoms with E-state index in [2.05, 4.69) is 91.5 Å². The smallest absolute Gasteiger partial charge is 0.181 e. The number of hydrogen-bond acceptors (Lipinski definition) is 8. The Hall–Kier alpha value is -4.54. The minimum absolute atomic E-state index is 0.123. The van der Waals surface area contributed by atoms with Gasteiger partial charge in [-0.2, -0.15) is 5.10 Å². The number of anilines is 3. The van der Waals surface area contributed by atoms with Crippen molar-refractivity contribution in [3.63, 3.8) is 0 Å². The van der Waals surface area contributed by atoms with Crippen molar-refractivity contribution in [3.8, 4) is 22.4 Å². The Morgan fingerprint density at radius 3 is 2.36 bits per heavy atom. The number of piperazine rings is 1. The van der Waals surface area contributed by atoms with E-state index in [9.17, 15) is 4.39 Å². The molecule has 0 spiro atoms. The van der Waals surface area contributed by atoms with Crippen molar-refractivity contribution in [3.05, 3.63) is 83.9 Å². The maximum atomic E-state index is 14.9. The van der Waals surface area contributed by atoms with Crippen molar-refractivity contribution >= 4 is 28.2 Å². The molecule has 0 aliphatic carbocycles. The summed E-state index contributed by atoms with van der Waals surface area (Å²) >= 11 is 0. The van der Waals surface area contributed by atoms with Crippen molar-refractivity contribution < 1.29 is 4.39 Å². The first-order valence-electron chi connectivity index (χ1n) is 18.2. The molecular formula is C40H50FN9. The van der Waals surface area contributed by atoms with Crippen LogP contribution in [-0.2, 0) is 6.54 Å². The van der Waals surface area contributed by atoms with Crippen LogP contribution in [0.3, 0.4) is 0 Å². The Bertz CT molecular complexity index is 1890. The van der Waals surface area contributed by atoms with Crippen LogP contribution < -0.4 is 20.0 Å². The molecule has 0 radical (unpaired) electrons. The molecule has 2 aliphatic rings. The number of hydrogen-bond donors (Lipinski definition) is 2. The summed E-state index contributed by atoms with van der Waals surface area (Å²) < 4.78 is 14.9. The van der Waals surface area contributed by atoms with E-state index in [1.54, 1.807) is 6.07 Å². The summed E-state index contributed by atoms with van der Waals surface area (Å²) in [4.78, 5) is 18.9. The van der Waals surface area contributed by atoms with Crippen LogP contribution in [0.4, 0.5) is 21.6 Å². The first-order chi connectivity index (χ1) is 24.4. The zero-order chi connectivity index (χ0) is 34.6. The van der Waals surface area contributed by atoms with Gasteiger partial charge in [-0.05, 0) is 92.7 Å². The third kappa shape index (κ3) is 7.32. The number of rotatable bonds is 11. The third-order valence-electron chi connectivity index (χ3n) is 10.6. The van der Waals surface area contributed by atoms with Gasteiger partial charge >= 0.3 is 0 Å². The molecule has 3 aromatic heterocycles. The molecule has 5 aromatic rings. The van der Waals surface area contributed by atoms with Gasteiger partial charge in [0, 0.05) is 106 Å². The molecule has 2 aliphatic heterocycles. The monoisotopic (exact) mass is 675 g/mol. The largest absolute Gasteiger partial charge is 0.372 e. The molecule has 2 fully saturated rings. The van der Waals surface area contributed by atoms with E-state index in [4.69, 9.17) is 4.98 Å². The minimum atomic E-state index is -0.123. The highest BCUT2D eigenvalue weighted by Gasteiger charge is 2.25. The van der Waals surface area contributed by atoms with E-state index in [0.717, 1.165) is 117 Å². The highest BCUT2D eigenvalue weighted by Crippen LogP contribution is 2.32. The van der Waals surface area contributed by atoms with Crippen LogP contribution in [0.15, 0.2) is 67.0 Å². The van der Waals surface area contributed by atoms with Crippen LogP contribution in [-0.4, -0.2) is 91.5 Å². The SMILES string of the molecule is CCCN(C)c1ccc(N2CCC(CN3CCN(c4ccc(-c5cnc6n[nH]c(-c7ccc(CNC)c(C)c7)c6c5)cn4)CC3)CC2)cc1F. The lowest BCUT2D eigenvalue weighted by Crippen LogP contribution is -2.49. The van der Waals surface area contributed by atoms with Gasteiger partial charge in [0.2, 0.25) is 0 Å². The molecule has 262 valence electrons. The molecule has 5 heterocycles. The lowest BCUT2D eigenvalue weighted by molar-refractivity contribution is 0.201. The lowest BCUT2D eigenvalue weighted by atomic mass is 9.95. The number of halogens is 1. The van der Waals surface area contributed by atoms with Gasteiger partial charge in [0.05, 0.1) is 11.4 Å². The van der Waals surface area contributed by atoms with E-state index < -0.39 is 0 Å². The average molecular weight is 676 g/mol. The van der Waals surface area contributed by atoms with Gasteiger partial charge in [0.1, 0.15) is 11.6 Å². The fourth-order valence-electron chi connectivity index (χ4n) is 7.62. The van der Waals surface area contributed by atoms with Crippen LogP contribution in [0.5, 0.6) is 0 Å². The second-order valence-electron chi connectivity index (χ2n) is 14.0. The van der Waals surface area contributed by atoms with Gasteiger partial charge in [0.25, 0.3) is 0 Å². The van der Waals surface area contributed by atoms with E-state index in [1.807, 2.05) is 37.5 Å². The first kappa shape index (κ1) is 33.9. The highest BCUT2D eigenvalue weighted by atomic mass is 19.1. The van der Waals surface area contributed by atoms with E-state index in [-0.39, 0.29) is 5.82 Å². The first-order valence-corrected chi connectivity index (χ1v) is 18.2. The maximum Gasteiger partial charge on any atom is 0.181 e. The molecule has 2 aromatic carbocycles. The number of nitrogens with zero attached hydrogens (tertiary/aromatic N) is 7. The van der Waals surface area contributed by atoms with Crippen molar-refractivity contribution in [2.45, 2.75) is 39.7 Å². The third-order valence-corrected chi connectivity index (χ3v) is 10.6. The fraction of sp³-hybridized carbons (Fsp3) is 0.425. The number of H-pyrrole nitrogens is 1. The highest BCUT2D eigenvalue weighted by molar-refractivity contribution is 5.93. The Balaban J connectivity index is 0.917. The molecule has 10 heteroatoms. The molecule has 0 saturated carbocycles. The Morgan fingerprint density at radius 2 is 1.66 bits per heavy atom. The molecule has 50 heavy (non-hydrogen) atoms. The summed E-state index contributed by atoms with van der Waals surface area (Å²) in [6.07, 6.45) is 7.15. The van der Waals surface area contributed by atoms with Crippen LogP contribution >= 0.6 is 0 Å². The summed E-state index contributed by atoms with van der Waals surface area (Å²) in [5, 5.41) is 11.9. The maximum absolute atomic E-state index is 14.9. The summed E-state index contributed by atoms with van der Waals surface area (Å²) in [6.45, 7) is 13.1. The van der Waals surface area contributed by atoms with Gasteiger partial charge < -0.3 is 20.0 Å². The summed E-state index contributed by atoms with van der Waals surface area (Å²) in [6, 6.07) is 18.7. The molecule has 7 rings (SSSR count). The van der Waals surface area contributed by atoms with Gasteiger partial charge in [-0.15, -0.1) is 0 Å². The van der Waals surface area contributed by atoms with Crippen LogP contribution in [0.2, 0.25) is 0 Å². The number of aromatic nitrogens is 4. The van der Waals surface area contributed by atoms with Gasteiger partial charge in [-0.25, -0.2) is 14.4 Å². The number of benzene rings is 2. The summed E-state index contributed by atoms with van der Waals surface area (Å²) in [5.74, 6) is 1.58. The quantitative estimate of drug-likeness (QED) is 0.160. The van der Waals surface area contributed by atoms with Crippen LogP contribution in [0, 0.1) is 18.7 Å². The Morgan fingerprint density at radius 1 is 0.880 bits per heavy atom. The molecule has 0 bridgehead atoms. The van der Waals surface area contributed by atoms with E-state index in [0.29, 0.717) is 17.3 Å². The molecule has 9 nitrogen and oxygen atoms in total. The number of aryl methyl sites for hydroxylation is 1. The zero-order valence-electron chi connectivity index (χ0n) is 29.9. The predicted octanol–water partition coefficient (Wildman–Crippen LogP) is 6.74. The van der Waals surface area contributed by atoms with E-state index in [1.165, 1.54) is 11.1 Å². The second-order valence-corrected chi connectivity index (χ2v) is 14.0. The number of fused-ring (bicyclic) bond motifs is 1. The van der Waals surface area contributed by atoms with Crippen molar-refractivity contribution in [1.82, 2.24) is 30.4 Å². The molecule has 2 N–H and O–H groups in total. The topological polar surface area (TPSA) is 79.5 Å². The number of piperidine rings is 1. The molecule has 0 amide bonds. The van der Waals surface area contributed by atoms with Crippen LogP contribution in [0.25, 0.3) is 33.4 Å². The standard InChI is InChI=1S/C40H50FN9/c1-5-14-47(4)37-10-9-34(23-36(37)41)49-15-12-29(13-16-49)27-48-17-19-50(20-18-48)38-11-8-32(25-43-38)33-22-35-39(45-46-40(35)44-26-33)30-6-7-31(24-42-3)28(2)21-30/h6-11,21-23,25-26,29,42H,5,12-20,24,27H2,1-4H3,(H,44,45,46). The second kappa shape index (κ2) is 15.1. The molecule has 2 saturated heterocycles. The summed E-state index contributed by atoms with van der Waals surface area (Å²) in [7, 11) is 3.93. The lowest BCUT2D eigenvalue weighted by Gasteiger charge is -2.39. The number of nitrogens with one attached hydrogen (secondary N) is 2. The normalized spacial score (nSPS) is 16.0.